The Labute approximate surface area is 212 Å². The molecule has 0 saturated carbocycles. The molecule has 188 valence electrons. The summed E-state index contributed by atoms with van der Waals surface area (Å²) in [5, 5.41) is 32.9. The summed E-state index contributed by atoms with van der Waals surface area (Å²) in [5.41, 5.74) is 0.601. The molecule has 0 aliphatic carbocycles. The molecule has 2 aromatic heterocycles. The van der Waals surface area contributed by atoms with Crippen molar-refractivity contribution in [1.29, 1.82) is 0 Å². The lowest BCUT2D eigenvalue weighted by atomic mass is 9.90. The molecule has 10 heteroatoms. The molecule has 5 atom stereocenters. The number of esters is 1. The second kappa shape index (κ2) is 10.4. The number of hydrogen-bond acceptors (Lipinski definition) is 9. The molecule has 1 aromatic carbocycles. The van der Waals surface area contributed by atoms with Crippen LogP contribution in [0.4, 0.5) is 0 Å². The first-order valence-electron chi connectivity index (χ1n) is 11.2. The van der Waals surface area contributed by atoms with E-state index < -0.39 is 41.9 Å². The second-order valence-corrected chi connectivity index (χ2v) is 11.1. The minimum atomic E-state index is -1.49. The van der Waals surface area contributed by atoms with Gasteiger partial charge in [-0.3, -0.25) is 4.79 Å². The zero-order valence-electron chi connectivity index (χ0n) is 19.6. The van der Waals surface area contributed by atoms with Gasteiger partial charge in [0.25, 0.3) is 0 Å². The fraction of sp³-hybridized carbons (Fsp3) is 0.440. The Morgan fingerprint density at radius 3 is 2.63 bits per heavy atom. The predicted molar refractivity (Wildman–Crippen MR) is 130 cm³/mol. The number of halogens is 1. The molecule has 8 nitrogen and oxygen atoms in total. The first-order chi connectivity index (χ1) is 16.5. The molecule has 0 radical (unpaired) electrons. The average Bonchev–Trinajstić information content (AvgIpc) is 3.50. The van der Waals surface area contributed by atoms with Crippen molar-refractivity contribution in [3.05, 3.63) is 63.9 Å². The van der Waals surface area contributed by atoms with Crippen LogP contribution < -0.4 is 0 Å². The van der Waals surface area contributed by atoms with Crippen LogP contribution in [-0.4, -0.2) is 57.3 Å². The number of furan rings is 1. The van der Waals surface area contributed by atoms with Gasteiger partial charge in [-0.2, -0.15) is 0 Å². The highest BCUT2D eigenvalue weighted by molar-refractivity contribution is 7.15. The third kappa shape index (κ3) is 5.77. The normalized spacial score (nSPS) is 24.9. The molecule has 3 heterocycles. The molecule has 1 fully saturated rings. The third-order valence-corrected chi connectivity index (χ3v) is 7.14. The first kappa shape index (κ1) is 25.8. The number of carbonyl (C=O) groups excluding carboxylic acids is 1. The smallest absolute Gasteiger partial charge is 0.311 e. The molecule has 0 amide bonds. The number of hydrogen-bond donors (Lipinski definition) is 3. The molecule has 0 bridgehead atoms. The summed E-state index contributed by atoms with van der Waals surface area (Å²) in [6.45, 7) is 4.88. The average molecular weight is 522 g/mol. The largest absolute Gasteiger partial charge is 0.463 e. The number of nitrogens with zero attached hydrogens (tertiary/aromatic N) is 1. The quantitative estimate of drug-likeness (QED) is 0.419. The summed E-state index contributed by atoms with van der Waals surface area (Å²) < 4.78 is 16.6. The van der Waals surface area contributed by atoms with Crippen LogP contribution in [0.15, 0.2) is 47.2 Å². The van der Waals surface area contributed by atoms with Crippen LogP contribution in [0.25, 0.3) is 10.6 Å². The predicted octanol–water partition coefficient (Wildman–Crippen LogP) is 3.76. The molecule has 35 heavy (non-hydrogen) atoms. The number of rotatable bonds is 6. The van der Waals surface area contributed by atoms with Gasteiger partial charge in [-0.1, -0.05) is 23.7 Å². The summed E-state index contributed by atoms with van der Waals surface area (Å²) in [7, 11) is 0. The van der Waals surface area contributed by atoms with Gasteiger partial charge in [0.2, 0.25) is 0 Å². The van der Waals surface area contributed by atoms with Crippen LogP contribution in [0, 0.1) is 5.41 Å². The van der Waals surface area contributed by atoms with Crippen LogP contribution in [0.3, 0.4) is 0 Å². The van der Waals surface area contributed by atoms with E-state index in [-0.39, 0.29) is 6.61 Å². The zero-order valence-corrected chi connectivity index (χ0v) is 21.1. The molecular weight excluding hydrogens is 494 g/mol. The maximum absolute atomic E-state index is 12.1. The number of aromatic nitrogens is 1. The van der Waals surface area contributed by atoms with Gasteiger partial charge in [-0.05, 0) is 50.1 Å². The fourth-order valence-corrected chi connectivity index (χ4v) is 4.83. The van der Waals surface area contributed by atoms with E-state index in [0.717, 1.165) is 21.2 Å². The monoisotopic (exact) mass is 521 g/mol. The highest BCUT2D eigenvalue weighted by atomic mass is 35.5. The molecule has 1 saturated heterocycles. The van der Waals surface area contributed by atoms with Crippen LogP contribution in [-0.2, 0) is 20.7 Å². The number of aliphatic hydroxyl groups excluding tert-OH is 3. The van der Waals surface area contributed by atoms with Gasteiger partial charge in [0, 0.05) is 17.6 Å². The SMILES string of the molecule is CC(C)(C)C(=O)OC[C@H]1O[C@@H](c2ccc(Cl)c(Cc3ncc(-c4ccco4)s3)c2)[C@H](O)[C@H](O)[C@H]1O. The Balaban J connectivity index is 1.52. The third-order valence-electron chi connectivity index (χ3n) is 5.76. The Kier molecular flexibility index (Phi) is 7.65. The van der Waals surface area contributed by atoms with Gasteiger partial charge < -0.3 is 29.2 Å². The summed E-state index contributed by atoms with van der Waals surface area (Å²) in [6.07, 6.45) is -2.48. The maximum Gasteiger partial charge on any atom is 0.311 e. The second-order valence-electron chi connectivity index (χ2n) is 9.54. The van der Waals surface area contributed by atoms with E-state index in [1.54, 1.807) is 51.4 Å². The van der Waals surface area contributed by atoms with Crippen molar-refractivity contribution in [3.63, 3.8) is 0 Å². The van der Waals surface area contributed by atoms with Crippen LogP contribution in [0.2, 0.25) is 5.02 Å². The van der Waals surface area contributed by atoms with E-state index >= 15 is 0 Å². The van der Waals surface area contributed by atoms with Crippen molar-refractivity contribution in [2.24, 2.45) is 5.41 Å². The molecule has 3 N–H and O–H groups in total. The van der Waals surface area contributed by atoms with E-state index in [1.807, 2.05) is 12.1 Å². The molecule has 4 rings (SSSR count). The highest BCUT2D eigenvalue weighted by Crippen LogP contribution is 2.35. The summed E-state index contributed by atoms with van der Waals surface area (Å²) in [4.78, 5) is 17.5. The van der Waals surface area contributed by atoms with Crippen molar-refractivity contribution in [2.75, 3.05) is 6.61 Å². The van der Waals surface area contributed by atoms with Gasteiger partial charge in [-0.15, -0.1) is 11.3 Å². The number of thiazole rings is 1. The van der Waals surface area contributed by atoms with Gasteiger partial charge in [0.15, 0.2) is 0 Å². The van der Waals surface area contributed by atoms with Crippen molar-refractivity contribution in [3.8, 4) is 10.6 Å². The Hall–Kier alpha value is -2.27. The van der Waals surface area contributed by atoms with E-state index in [1.165, 1.54) is 11.3 Å². The van der Waals surface area contributed by atoms with Gasteiger partial charge in [-0.25, -0.2) is 4.98 Å². The lowest BCUT2D eigenvalue weighted by molar-refractivity contribution is -0.235. The maximum atomic E-state index is 12.1. The lowest BCUT2D eigenvalue weighted by Gasteiger charge is -2.41. The Morgan fingerprint density at radius 2 is 1.94 bits per heavy atom. The van der Waals surface area contributed by atoms with Crippen molar-refractivity contribution in [1.82, 2.24) is 4.98 Å². The summed E-state index contributed by atoms with van der Waals surface area (Å²) >= 11 is 7.93. The summed E-state index contributed by atoms with van der Waals surface area (Å²) in [5.74, 6) is 0.273. The molecule has 1 aliphatic heterocycles. The molecular formula is C25H28ClNO7S. The Bertz CT molecular complexity index is 1160. The first-order valence-corrected chi connectivity index (χ1v) is 12.4. The van der Waals surface area contributed by atoms with E-state index in [0.29, 0.717) is 17.0 Å². The fourth-order valence-electron chi connectivity index (χ4n) is 3.73. The molecule has 0 spiro atoms. The van der Waals surface area contributed by atoms with Crippen molar-refractivity contribution >= 4 is 28.9 Å². The Morgan fingerprint density at radius 1 is 1.17 bits per heavy atom. The topological polar surface area (TPSA) is 122 Å². The highest BCUT2D eigenvalue weighted by Gasteiger charge is 2.45. The van der Waals surface area contributed by atoms with Crippen molar-refractivity contribution in [2.45, 2.75) is 57.7 Å². The van der Waals surface area contributed by atoms with Crippen LogP contribution >= 0.6 is 22.9 Å². The van der Waals surface area contributed by atoms with Crippen molar-refractivity contribution < 1.29 is 34.0 Å². The molecule has 1 aliphatic rings. The van der Waals surface area contributed by atoms with Crippen LogP contribution in [0.5, 0.6) is 0 Å². The van der Waals surface area contributed by atoms with E-state index in [2.05, 4.69) is 4.98 Å². The standard InChI is InChI=1S/C25H28ClNO7S/c1-25(2,3)24(31)33-12-17-20(28)21(29)22(30)23(34-17)13-6-7-15(26)14(9-13)10-19-27-11-18(35-19)16-5-4-8-32-16/h4-9,11,17,20-23,28-30H,10,12H2,1-3H3/t17-,20+,21-,22-,23+/m1/s1. The van der Waals surface area contributed by atoms with Gasteiger partial charge >= 0.3 is 5.97 Å². The lowest BCUT2D eigenvalue weighted by Crippen LogP contribution is -2.55. The van der Waals surface area contributed by atoms with Gasteiger partial charge in [0.1, 0.15) is 42.9 Å². The van der Waals surface area contributed by atoms with E-state index in [9.17, 15) is 20.1 Å². The minimum Gasteiger partial charge on any atom is -0.463 e. The van der Waals surface area contributed by atoms with Crippen LogP contribution in [0.1, 0.15) is 43.0 Å². The summed E-state index contributed by atoms with van der Waals surface area (Å²) in [6, 6.07) is 8.84. The number of benzene rings is 1. The zero-order chi connectivity index (χ0) is 25.3. The number of aliphatic hydroxyl groups is 3. The van der Waals surface area contributed by atoms with E-state index in [4.69, 9.17) is 25.5 Å². The molecule has 3 aromatic rings. The number of carbonyl (C=O) groups is 1. The number of ether oxygens (including phenoxy) is 2. The molecule has 0 unspecified atom stereocenters. The van der Waals surface area contributed by atoms with Gasteiger partial charge in [0.05, 0.1) is 21.6 Å². The minimum absolute atomic E-state index is 0.257.